The fourth-order valence-electron chi connectivity index (χ4n) is 4.25. The van der Waals surface area contributed by atoms with Gasteiger partial charge in [0.15, 0.2) is 11.6 Å². The second-order valence-corrected chi connectivity index (χ2v) is 9.01. The molecule has 0 saturated heterocycles. The molecule has 3 aromatic rings. The molecule has 1 unspecified atom stereocenters. The molecule has 1 N–H and O–H groups in total. The van der Waals surface area contributed by atoms with Crippen LogP contribution in [0.4, 0.5) is 5.95 Å². The first-order valence-corrected chi connectivity index (χ1v) is 10.4. The van der Waals surface area contributed by atoms with Gasteiger partial charge >= 0.3 is 0 Å². The van der Waals surface area contributed by atoms with Crippen molar-refractivity contribution in [1.29, 1.82) is 0 Å². The second-order valence-electron chi connectivity index (χ2n) is 9.01. The van der Waals surface area contributed by atoms with Crippen molar-refractivity contribution in [2.45, 2.75) is 51.5 Å². The van der Waals surface area contributed by atoms with E-state index in [1.54, 1.807) is 12.4 Å². The molecular weight excluding hydrogens is 374 g/mol. The molecule has 2 aliphatic rings. The van der Waals surface area contributed by atoms with Gasteiger partial charge in [-0.25, -0.2) is 4.68 Å². The predicted octanol–water partition coefficient (Wildman–Crippen LogP) is 4.66. The molecule has 0 bridgehead atoms. The van der Waals surface area contributed by atoms with E-state index in [4.69, 9.17) is 10.1 Å². The van der Waals surface area contributed by atoms with Crippen LogP contribution in [0.5, 0.6) is 0 Å². The molecule has 6 heteroatoms. The first kappa shape index (κ1) is 18.7. The first-order chi connectivity index (χ1) is 14.4. The van der Waals surface area contributed by atoms with Crippen LogP contribution in [-0.4, -0.2) is 25.5 Å². The number of ketones is 1. The van der Waals surface area contributed by atoms with E-state index < -0.39 is 0 Å². The molecule has 2 aromatic heterocycles. The number of carbonyl (C=O) groups is 1. The highest BCUT2D eigenvalue weighted by Crippen LogP contribution is 2.40. The maximum Gasteiger partial charge on any atom is 0.226 e. The fraction of sp³-hybridized carbons (Fsp3) is 0.333. The maximum absolute atomic E-state index is 12.9. The SMILES string of the molecule is CC(C)(C)c1ccc(-c2nc3n(n2)C(c2ccncc2)C2=C(CCCC2=O)N3)cc1. The minimum atomic E-state index is -0.276. The summed E-state index contributed by atoms with van der Waals surface area (Å²) in [6, 6.07) is 12.0. The highest BCUT2D eigenvalue weighted by atomic mass is 16.1. The van der Waals surface area contributed by atoms with Crippen molar-refractivity contribution in [2.24, 2.45) is 0 Å². The van der Waals surface area contributed by atoms with Crippen LogP contribution in [0.25, 0.3) is 11.4 Å². The van der Waals surface area contributed by atoms with Gasteiger partial charge in [0.25, 0.3) is 0 Å². The minimum absolute atomic E-state index is 0.0940. The van der Waals surface area contributed by atoms with Crippen molar-refractivity contribution in [3.63, 3.8) is 0 Å². The number of carbonyl (C=O) groups excluding carboxylic acids is 1. The Bertz CT molecular complexity index is 1140. The van der Waals surface area contributed by atoms with Crippen LogP contribution in [0.3, 0.4) is 0 Å². The lowest BCUT2D eigenvalue weighted by atomic mass is 9.86. The van der Waals surface area contributed by atoms with Crippen LogP contribution in [0.2, 0.25) is 0 Å². The van der Waals surface area contributed by atoms with E-state index in [0.717, 1.165) is 35.2 Å². The van der Waals surface area contributed by atoms with Gasteiger partial charge in [-0.1, -0.05) is 45.0 Å². The minimum Gasteiger partial charge on any atom is -0.328 e. The molecule has 0 amide bonds. The van der Waals surface area contributed by atoms with Crippen LogP contribution in [0.15, 0.2) is 60.1 Å². The largest absolute Gasteiger partial charge is 0.328 e. The molecule has 1 aliphatic carbocycles. The zero-order valence-electron chi connectivity index (χ0n) is 17.5. The van der Waals surface area contributed by atoms with E-state index in [0.29, 0.717) is 18.2 Å². The van der Waals surface area contributed by atoms with E-state index >= 15 is 0 Å². The van der Waals surface area contributed by atoms with E-state index in [2.05, 4.69) is 55.3 Å². The van der Waals surface area contributed by atoms with Crippen molar-refractivity contribution in [3.8, 4) is 11.4 Å². The third-order valence-corrected chi connectivity index (χ3v) is 5.90. The van der Waals surface area contributed by atoms with Gasteiger partial charge in [-0.3, -0.25) is 9.78 Å². The van der Waals surface area contributed by atoms with Crippen LogP contribution in [-0.2, 0) is 10.2 Å². The van der Waals surface area contributed by atoms with Gasteiger partial charge in [-0.05, 0) is 41.5 Å². The highest BCUT2D eigenvalue weighted by molar-refractivity contribution is 5.99. The van der Waals surface area contributed by atoms with Crippen LogP contribution in [0.1, 0.15) is 57.2 Å². The molecule has 1 aliphatic heterocycles. The van der Waals surface area contributed by atoms with Crippen molar-refractivity contribution in [2.75, 3.05) is 5.32 Å². The molecule has 0 fully saturated rings. The molecule has 1 atom stereocenters. The van der Waals surface area contributed by atoms with Crippen molar-refractivity contribution in [3.05, 3.63) is 71.2 Å². The van der Waals surface area contributed by atoms with Gasteiger partial charge < -0.3 is 5.32 Å². The molecule has 0 spiro atoms. The summed E-state index contributed by atoms with van der Waals surface area (Å²) in [5, 5.41) is 8.22. The zero-order chi connectivity index (χ0) is 20.9. The monoisotopic (exact) mass is 399 g/mol. The smallest absolute Gasteiger partial charge is 0.226 e. The average Bonchev–Trinajstić information content (AvgIpc) is 3.16. The van der Waals surface area contributed by atoms with E-state index in [9.17, 15) is 4.79 Å². The Kier molecular flexibility index (Phi) is 4.31. The average molecular weight is 399 g/mol. The Morgan fingerprint density at radius 1 is 1.03 bits per heavy atom. The molecule has 0 saturated carbocycles. The van der Waals surface area contributed by atoms with Crippen molar-refractivity contribution >= 4 is 11.7 Å². The molecule has 1 aromatic carbocycles. The Labute approximate surface area is 176 Å². The zero-order valence-corrected chi connectivity index (χ0v) is 17.5. The van der Waals surface area contributed by atoms with Gasteiger partial charge in [0.05, 0.1) is 0 Å². The number of hydrogen-bond donors (Lipinski definition) is 1. The Hall–Kier alpha value is -3.28. The number of hydrogen-bond acceptors (Lipinski definition) is 5. The van der Waals surface area contributed by atoms with Gasteiger partial charge in [0.2, 0.25) is 5.95 Å². The second kappa shape index (κ2) is 6.90. The van der Waals surface area contributed by atoms with E-state index in [1.807, 2.05) is 16.8 Å². The normalized spacial score (nSPS) is 18.6. The molecule has 0 radical (unpaired) electrons. The van der Waals surface area contributed by atoms with E-state index in [1.165, 1.54) is 5.56 Å². The molecule has 6 nitrogen and oxygen atoms in total. The maximum atomic E-state index is 12.9. The summed E-state index contributed by atoms with van der Waals surface area (Å²) in [4.78, 5) is 21.8. The molecule has 30 heavy (non-hydrogen) atoms. The number of benzene rings is 1. The molecule has 5 rings (SSSR count). The van der Waals surface area contributed by atoms with Crippen LogP contribution < -0.4 is 5.32 Å². The highest BCUT2D eigenvalue weighted by Gasteiger charge is 2.36. The number of Topliss-reactive ketones (excluding diaryl/α,β-unsaturated/α-hetero) is 1. The summed E-state index contributed by atoms with van der Waals surface area (Å²) < 4.78 is 1.85. The summed E-state index contributed by atoms with van der Waals surface area (Å²) in [6.45, 7) is 6.60. The van der Waals surface area contributed by atoms with Crippen LogP contribution in [0, 0.1) is 0 Å². The number of aromatic nitrogens is 4. The topological polar surface area (TPSA) is 72.7 Å². The Morgan fingerprint density at radius 2 is 1.77 bits per heavy atom. The fourth-order valence-corrected chi connectivity index (χ4v) is 4.25. The third kappa shape index (κ3) is 3.12. The Morgan fingerprint density at radius 3 is 2.47 bits per heavy atom. The quantitative estimate of drug-likeness (QED) is 0.678. The number of pyridine rings is 1. The van der Waals surface area contributed by atoms with Gasteiger partial charge in [0, 0.05) is 35.6 Å². The standard InChI is InChI=1S/C24H25N5O/c1-24(2,3)17-9-7-16(8-10-17)22-27-23-26-18-5-4-6-19(30)20(18)21(29(23)28-22)15-11-13-25-14-12-15/h7-14,21H,4-6H2,1-3H3,(H,26,27,28). The lowest BCUT2D eigenvalue weighted by Gasteiger charge is -2.32. The lowest BCUT2D eigenvalue weighted by molar-refractivity contribution is -0.116. The van der Waals surface area contributed by atoms with Crippen molar-refractivity contribution < 1.29 is 4.79 Å². The predicted molar refractivity (Wildman–Crippen MR) is 116 cm³/mol. The number of nitrogens with one attached hydrogen (secondary N) is 1. The summed E-state index contributed by atoms with van der Waals surface area (Å²) in [5.74, 6) is 1.52. The number of fused-ring (bicyclic) bond motifs is 1. The molecular formula is C24H25N5O. The summed E-state index contributed by atoms with van der Waals surface area (Å²) in [7, 11) is 0. The third-order valence-electron chi connectivity index (χ3n) is 5.90. The Balaban J connectivity index is 1.60. The first-order valence-electron chi connectivity index (χ1n) is 10.4. The number of nitrogens with zero attached hydrogens (tertiary/aromatic N) is 4. The summed E-state index contributed by atoms with van der Waals surface area (Å²) in [6.07, 6.45) is 5.81. The lowest BCUT2D eigenvalue weighted by Crippen LogP contribution is -2.31. The number of allylic oxidation sites excluding steroid dienone is 2. The van der Waals surface area contributed by atoms with Crippen molar-refractivity contribution in [1.82, 2.24) is 19.7 Å². The van der Waals surface area contributed by atoms with Crippen LogP contribution >= 0.6 is 0 Å². The number of rotatable bonds is 2. The van der Waals surface area contributed by atoms with E-state index in [-0.39, 0.29) is 17.2 Å². The van der Waals surface area contributed by atoms with Gasteiger partial charge in [-0.15, -0.1) is 5.10 Å². The summed E-state index contributed by atoms with van der Waals surface area (Å²) >= 11 is 0. The van der Waals surface area contributed by atoms with Gasteiger partial charge in [-0.2, -0.15) is 4.98 Å². The number of anilines is 1. The molecule has 3 heterocycles. The molecule has 152 valence electrons. The van der Waals surface area contributed by atoms with Gasteiger partial charge in [0.1, 0.15) is 6.04 Å². The summed E-state index contributed by atoms with van der Waals surface area (Å²) in [5.41, 5.74) is 5.10.